The van der Waals surface area contributed by atoms with Crippen LogP contribution < -0.4 is 10.1 Å². The minimum Gasteiger partial charge on any atom is -0.493 e. The van der Waals surface area contributed by atoms with Crippen molar-refractivity contribution in [3.8, 4) is 5.75 Å². The molecule has 0 amide bonds. The van der Waals surface area contributed by atoms with E-state index in [2.05, 4.69) is 62.4 Å². The maximum atomic E-state index is 5.75. The summed E-state index contributed by atoms with van der Waals surface area (Å²) in [7, 11) is 4.30. The molecule has 0 aliphatic carbocycles. The van der Waals surface area contributed by atoms with E-state index in [1.807, 2.05) is 0 Å². The molecule has 1 aromatic rings. The van der Waals surface area contributed by atoms with Crippen molar-refractivity contribution < 1.29 is 4.74 Å². The van der Waals surface area contributed by atoms with Crippen LogP contribution in [0.1, 0.15) is 38.2 Å². The summed E-state index contributed by atoms with van der Waals surface area (Å²) in [5.41, 5.74) is 1.37. The van der Waals surface area contributed by atoms with Crippen molar-refractivity contribution in [3.05, 3.63) is 29.8 Å². The van der Waals surface area contributed by atoms with Crippen molar-refractivity contribution in [2.75, 3.05) is 33.8 Å². The van der Waals surface area contributed by atoms with Crippen molar-refractivity contribution in [1.29, 1.82) is 0 Å². The van der Waals surface area contributed by atoms with Crippen LogP contribution in [0.4, 0.5) is 0 Å². The molecule has 0 aromatic heterocycles. The van der Waals surface area contributed by atoms with Gasteiger partial charge in [0.2, 0.25) is 0 Å². The Kier molecular flexibility index (Phi) is 6.07. The molecule has 0 saturated carbocycles. The van der Waals surface area contributed by atoms with Crippen LogP contribution in [0, 0.1) is 5.92 Å². The number of rotatable bonds is 7. The highest BCUT2D eigenvalue weighted by atomic mass is 16.5. The number of likely N-dealkylation sites (N-methyl/N-ethyl adjacent to an activating group) is 1. The molecular weight excluding hydrogens is 260 g/mol. The van der Waals surface area contributed by atoms with Crippen molar-refractivity contribution in [2.45, 2.75) is 38.6 Å². The predicted octanol–water partition coefficient (Wildman–Crippen LogP) is 3.12. The Balaban J connectivity index is 1.94. The summed E-state index contributed by atoms with van der Waals surface area (Å²) in [6.07, 6.45) is 2.34. The zero-order chi connectivity index (χ0) is 15.2. The molecule has 0 radical (unpaired) electrons. The van der Waals surface area contributed by atoms with Crippen LogP contribution >= 0.6 is 0 Å². The number of benzene rings is 1. The van der Waals surface area contributed by atoms with Gasteiger partial charge in [0, 0.05) is 25.0 Å². The lowest BCUT2D eigenvalue weighted by atomic mass is 9.92. The van der Waals surface area contributed by atoms with E-state index in [1.54, 1.807) is 0 Å². The fourth-order valence-electron chi connectivity index (χ4n) is 3.17. The molecule has 0 spiro atoms. The standard InChI is InChI=1S/C18H30N2O/c1-14(2)11-16(13-20(3)4)19-12-15-9-10-21-18-8-6-5-7-17(15)18/h5-8,14-16,19H,9-13H2,1-4H3. The van der Waals surface area contributed by atoms with E-state index in [4.69, 9.17) is 4.74 Å². The number of hydrogen-bond donors (Lipinski definition) is 1. The molecular formula is C18H30N2O. The van der Waals surface area contributed by atoms with Gasteiger partial charge in [0.15, 0.2) is 0 Å². The minimum atomic E-state index is 0.565. The summed E-state index contributed by atoms with van der Waals surface area (Å²) in [5, 5.41) is 3.80. The van der Waals surface area contributed by atoms with Crippen molar-refractivity contribution in [3.63, 3.8) is 0 Å². The smallest absolute Gasteiger partial charge is 0.122 e. The van der Waals surface area contributed by atoms with Crippen LogP contribution in [0.2, 0.25) is 0 Å². The Morgan fingerprint density at radius 1 is 1.29 bits per heavy atom. The molecule has 0 saturated heterocycles. The Morgan fingerprint density at radius 2 is 2.05 bits per heavy atom. The molecule has 2 atom stereocenters. The van der Waals surface area contributed by atoms with Crippen LogP contribution in [-0.4, -0.2) is 44.7 Å². The monoisotopic (exact) mass is 290 g/mol. The zero-order valence-electron chi connectivity index (χ0n) is 13.9. The third-order valence-electron chi connectivity index (χ3n) is 4.08. The summed E-state index contributed by atoms with van der Waals surface area (Å²) in [6, 6.07) is 9.04. The molecule has 21 heavy (non-hydrogen) atoms. The first-order chi connectivity index (χ1) is 10.1. The van der Waals surface area contributed by atoms with Gasteiger partial charge in [-0.3, -0.25) is 0 Å². The van der Waals surface area contributed by atoms with Gasteiger partial charge in [-0.1, -0.05) is 32.0 Å². The number of nitrogens with zero attached hydrogens (tertiary/aromatic N) is 1. The van der Waals surface area contributed by atoms with Gasteiger partial charge < -0.3 is 15.0 Å². The zero-order valence-corrected chi connectivity index (χ0v) is 13.9. The van der Waals surface area contributed by atoms with Gasteiger partial charge in [-0.05, 0) is 44.5 Å². The third-order valence-corrected chi connectivity index (χ3v) is 4.08. The summed E-state index contributed by atoms with van der Waals surface area (Å²) in [5.74, 6) is 2.37. The lowest BCUT2D eigenvalue weighted by molar-refractivity contribution is 0.253. The summed E-state index contributed by atoms with van der Waals surface area (Å²) >= 11 is 0. The van der Waals surface area contributed by atoms with E-state index < -0.39 is 0 Å². The van der Waals surface area contributed by atoms with Gasteiger partial charge in [0.25, 0.3) is 0 Å². The third kappa shape index (κ3) is 5.01. The Labute approximate surface area is 129 Å². The lowest BCUT2D eigenvalue weighted by Crippen LogP contribution is -2.41. The highest BCUT2D eigenvalue weighted by Crippen LogP contribution is 2.32. The summed E-state index contributed by atoms with van der Waals surface area (Å²) in [6.45, 7) is 7.59. The number of nitrogens with one attached hydrogen (secondary N) is 1. The Hall–Kier alpha value is -1.06. The van der Waals surface area contributed by atoms with Gasteiger partial charge in [-0.2, -0.15) is 0 Å². The number of hydrogen-bond acceptors (Lipinski definition) is 3. The average Bonchev–Trinajstić information content (AvgIpc) is 2.43. The molecule has 0 fully saturated rings. The van der Waals surface area contributed by atoms with Crippen molar-refractivity contribution >= 4 is 0 Å². The largest absolute Gasteiger partial charge is 0.493 e. The van der Waals surface area contributed by atoms with Crippen LogP contribution in [-0.2, 0) is 0 Å². The second-order valence-corrected chi connectivity index (χ2v) is 6.87. The van der Waals surface area contributed by atoms with Gasteiger partial charge in [-0.15, -0.1) is 0 Å². The fourth-order valence-corrected chi connectivity index (χ4v) is 3.17. The molecule has 1 aliphatic heterocycles. The molecule has 1 aliphatic rings. The van der Waals surface area contributed by atoms with E-state index in [1.165, 1.54) is 12.0 Å². The van der Waals surface area contributed by atoms with Crippen LogP contribution in [0.25, 0.3) is 0 Å². The first kappa shape index (κ1) is 16.3. The van der Waals surface area contributed by atoms with Crippen molar-refractivity contribution in [1.82, 2.24) is 10.2 Å². The molecule has 1 aromatic carbocycles. The quantitative estimate of drug-likeness (QED) is 0.835. The second-order valence-electron chi connectivity index (χ2n) is 6.87. The van der Waals surface area contributed by atoms with Crippen LogP contribution in [0.5, 0.6) is 5.75 Å². The first-order valence-corrected chi connectivity index (χ1v) is 8.16. The topological polar surface area (TPSA) is 24.5 Å². The second kappa shape index (κ2) is 7.81. The molecule has 1 N–H and O–H groups in total. The molecule has 1 heterocycles. The fraction of sp³-hybridized carbons (Fsp3) is 0.667. The first-order valence-electron chi connectivity index (χ1n) is 8.16. The van der Waals surface area contributed by atoms with E-state index in [0.29, 0.717) is 12.0 Å². The number of para-hydroxylation sites is 1. The molecule has 2 rings (SSSR count). The SMILES string of the molecule is CC(C)CC(CN(C)C)NCC1CCOc2ccccc21. The van der Waals surface area contributed by atoms with E-state index in [0.717, 1.165) is 37.8 Å². The maximum Gasteiger partial charge on any atom is 0.122 e. The average molecular weight is 290 g/mol. The Bertz CT molecular complexity index is 421. The predicted molar refractivity (Wildman–Crippen MR) is 89.1 cm³/mol. The van der Waals surface area contributed by atoms with Gasteiger partial charge in [0.1, 0.15) is 5.75 Å². The lowest BCUT2D eigenvalue weighted by Gasteiger charge is -2.29. The van der Waals surface area contributed by atoms with Gasteiger partial charge >= 0.3 is 0 Å². The Morgan fingerprint density at radius 3 is 2.76 bits per heavy atom. The molecule has 118 valence electrons. The molecule has 3 heteroatoms. The van der Waals surface area contributed by atoms with Crippen molar-refractivity contribution in [2.24, 2.45) is 5.92 Å². The van der Waals surface area contributed by atoms with Gasteiger partial charge in [-0.25, -0.2) is 0 Å². The van der Waals surface area contributed by atoms with E-state index >= 15 is 0 Å². The van der Waals surface area contributed by atoms with Crippen LogP contribution in [0.15, 0.2) is 24.3 Å². The molecule has 2 unspecified atom stereocenters. The van der Waals surface area contributed by atoms with Gasteiger partial charge in [0.05, 0.1) is 6.61 Å². The normalized spacial score (nSPS) is 19.4. The summed E-state index contributed by atoms with van der Waals surface area (Å²) in [4.78, 5) is 2.28. The summed E-state index contributed by atoms with van der Waals surface area (Å²) < 4.78 is 5.75. The minimum absolute atomic E-state index is 0.565. The number of fused-ring (bicyclic) bond motifs is 1. The van der Waals surface area contributed by atoms with Crippen LogP contribution in [0.3, 0.4) is 0 Å². The maximum absolute atomic E-state index is 5.75. The van der Waals surface area contributed by atoms with E-state index in [9.17, 15) is 0 Å². The number of ether oxygens (including phenoxy) is 1. The molecule has 0 bridgehead atoms. The highest BCUT2D eigenvalue weighted by Gasteiger charge is 2.22. The van der Waals surface area contributed by atoms with E-state index in [-0.39, 0.29) is 0 Å². The highest BCUT2D eigenvalue weighted by molar-refractivity contribution is 5.37. The molecule has 3 nitrogen and oxygen atoms in total.